The van der Waals surface area contributed by atoms with Crippen LogP contribution in [0.15, 0.2) is 72.8 Å². The molecule has 1 N–H and O–H groups in total. The van der Waals surface area contributed by atoms with E-state index in [1.807, 2.05) is 19.1 Å². The minimum Gasteiger partial charge on any atom is -0.493 e. The third kappa shape index (κ3) is 5.35. The zero-order valence-electron chi connectivity index (χ0n) is 19.8. The third-order valence-electron chi connectivity index (χ3n) is 5.82. The van der Waals surface area contributed by atoms with Crippen LogP contribution in [0.3, 0.4) is 0 Å². The highest BCUT2D eigenvalue weighted by Crippen LogP contribution is 2.36. The number of ether oxygens (including phenoxy) is 3. The van der Waals surface area contributed by atoms with Gasteiger partial charge in [-0.3, -0.25) is 9.10 Å². The van der Waals surface area contributed by atoms with Crippen LogP contribution in [-0.2, 0) is 20.6 Å². The SMILES string of the molecule is COc1ccc(C(C)NC(=O)C2CN(S(=O)(=O)Cc3ccccc3)c3ccccc3O2)cc1OC. The van der Waals surface area contributed by atoms with Gasteiger partial charge >= 0.3 is 0 Å². The Balaban J connectivity index is 1.55. The number of nitrogens with one attached hydrogen (secondary N) is 1. The number of anilines is 1. The second kappa shape index (κ2) is 10.3. The minimum atomic E-state index is -3.77. The summed E-state index contributed by atoms with van der Waals surface area (Å²) in [6.45, 7) is 1.70. The Kier molecular flexibility index (Phi) is 7.16. The van der Waals surface area contributed by atoms with Gasteiger partial charge in [0.1, 0.15) is 5.75 Å². The van der Waals surface area contributed by atoms with E-state index in [-0.39, 0.29) is 18.3 Å². The first-order valence-corrected chi connectivity index (χ1v) is 12.8. The Labute approximate surface area is 205 Å². The highest BCUT2D eigenvalue weighted by molar-refractivity contribution is 7.92. The number of hydrogen-bond donors (Lipinski definition) is 1. The Hall–Kier alpha value is -3.72. The fraction of sp³-hybridized carbons (Fsp3) is 0.269. The van der Waals surface area contributed by atoms with Crippen molar-refractivity contribution in [3.05, 3.63) is 83.9 Å². The van der Waals surface area contributed by atoms with Crippen molar-refractivity contribution in [2.75, 3.05) is 25.1 Å². The van der Waals surface area contributed by atoms with E-state index in [0.717, 1.165) is 5.56 Å². The zero-order valence-corrected chi connectivity index (χ0v) is 20.6. The molecule has 1 aliphatic rings. The van der Waals surface area contributed by atoms with Crippen LogP contribution >= 0.6 is 0 Å². The van der Waals surface area contributed by atoms with E-state index in [1.165, 1.54) is 4.31 Å². The smallest absolute Gasteiger partial charge is 0.263 e. The standard InChI is InChI=1S/C26H28N2O6S/c1-18(20-13-14-23(32-2)24(15-20)33-3)27-26(29)25-16-28(21-11-7-8-12-22(21)34-25)35(30,31)17-19-9-5-4-6-10-19/h4-15,18,25H,16-17H2,1-3H3,(H,27,29). The van der Waals surface area contributed by atoms with Gasteiger partial charge in [-0.2, -0.15) is 0 Å². The molecule has 0 spiro atoms. The Bertz CT molecular complexity index is 1300. The maximum absolute atomic E-state index is 13.4. The number of rotatable bonds is 8. The molecular weight excluding hydrogens is 468 g/mol. The first-order chi connectivity index (χ1) is 16.8. The molecule has 9 heteroatoms. The van der Waals surface area contributed by atoms with Crippen molar-refractivity contribution >= 4 is 21.6 Å². The van der Waals surface area contributed by atoms with Gasteiger partial charge in [0.15, 0.2) is 17.6 Å². The Morgan fingerprint density at radius 2 is 1.71 bits per heavy atom. The molecule has 1 amide bonds. The summed E-state index contributed by atoms with van der Waals surface area (Å²) in [5, 5.41) is 2.93. The molecule has 0 bridgehead atoms. The fourth-order valence-corrected chi connectivity index (χ4v) is 5.56. The molecule has 0 radical (unpaired) electrons. The molecule has 1 heterocycles. The fourth-order valence-electron chi connectivity index (χ4n) is 3.98. The van der Waals surface area contributed by atoms with Gasteiger partial charge in [-0.25, -0.2) is 8.42 Å². The number of nitrogens with zero attached hydrogens (tertiary/aromatic N) is 1. The molecule has 0 aliphatic carbocycles. The molecule has 0 fully saturated rings. The summed E-state index contributed by atoms with van der Waals surface area (Å²) in [6, 6.07) is 20.8. The van der Waals surface area contributed by atoms with Crippen LogP contribution < -0.4 is 23.8 Å². The molecule has 2 unspecified atom stereocenters. The lowest BCUT2D eigenvalue weighted by atomic mass is 10.1. The number of carbonyl (C=O) groups excluding carboxylic acids is 1. The van der Waals surface area contributed by atoms with Gasteiger partial charge in [-0.1, -0.05) is 48.5 Å². The first-order valence-electron chi connectivity index (χ1n) is 11.1. The molecule has 35 heavy (non-hydrogen) atoms. The van der Waals surface area contributed by atoms with Crippen molar-refractivity contribution in [2.24, 2.45) is 0 Å². The van der Waals surface area contributed by atoms with Gasteiger partial charge < -0.3 is 19.5 Å². The first kappa shape index (κ1) is 24.4. The largest absolute Gasteiger partial charge is 0.493 e. The van der Waals surface area contributed by atoms with E-state index in [1.54, 1.807) is 74.9 Å². The zero-order chi connectivity index (χ0) is 25.0. The molecule has 1 aliphatic heterocycles. The summed E-state index contributed by atoms with van der Waals surface area (Å²) in [7, 11) is -0.672. The van der Waals surface area contributed by atoms with E-state index < -0.39 is 22.0 Å². The maximum atomic E-state index is 13.4. The average molecular weight is 497 g/mol. The quantitative estimate of drug-likeness (QED) is 0.511. The van der Waals surface area contributed by atoms with Crippen molar-refractivity contribution in [2.45, 2.75) is 24.8 Å². The molecule has 2 atom stereocenters. The van der Waals surface area contributed by atoms with E-state index in [0.29, 0.717) is 28.5 Å². The summed E-state index contributed by atoms with van der Waals surface area (Å²) in [4.78, 5) is 13.2. The van der Waals surface area contributed by atoms with Crippen LogP contribution in [0.5, 0.6) is 17.2 Å². The highest BCUT2D eigenvalue weighted by Gasteiger charge is 2.37. The van der Waals surface area contributed by atoms with Crippen molar-refractivity contribution in [1.82, 2.24) is 5.32 Å². The number of fused-ring (bicyclic) bond motifs is 1. The van der Waals surface area contributed by atoms with Crippen molar-refractivity contribution < 1.29 is 27.4 Å². The van der Waals surface area contributed by atoms with Crippen LogP contribution in [-0.4, -0.2) is 41.2 Å². The number of methoxy groups -OCH3 is 2. The molecule has 8 nitrogen and oxygen atoms in total. The number of amides is 1. The molecule has 3 aromatic carbocycles. The summed E-state index contributed by atoms with van der Waals surface area (Å²) in [5.74, 6) is 0.878. The lowest BCUT2D eigenvalue weighted by molar-refractivity contribution is -0.128. The van der Waals surface area contributed by atoms with Crippen LogP contribution in [0.25, 0.3) is 0 Å². The van der Waals surface area contributed by atoms with Crippen LogP contribution in [0.1, 0.15) is 24.1 Å². The second-order valence-electron chi connectivity index (χ2n) is 8.19. The molecule has 3 aromatic rings. The van der Waals surface area contributed by atoms with Gasteiger partial charge in [0.2, 0.25) is 10.0 Å². The van der Waals surface area contributed by atoms with Crippen molar-refractivity contribution in [1.29, 1.82) is 0 Å². The topological polar surface area (TPSA) is 94.2 Å². The normalized spacial score (nSPS) is 16.0. The van der Waals surface area contributed by atoms with Gasteiger partial charge in [-0.05, 0) is 42.3 Å². The summed E-state index contributed by atoms with van der Waals surface area (Å²) in [6.07, 6.45) is -1.02. The van der Waals surface area contributed by atoms with E-state index in [9.17, 15) is 13.2 Å². The van der Waals surface area contributed by atoms with Gasteiger partial charge in [0.05, 0.1) is 38.2 Å². The lowest BCUT2D eigenvalue weighted by Gasteiger charge is -2.35. The molecular formula is C26H28N2O6S. The average Bonchev–Trinajstić information content (AvgIpc) is 2.87. The lowest BCUT2D eigenvalue weighted by Crippen LogP contribution is -2.51. The molecule has 184 valence electrons. The van der Waals surface area contributed by atoms with Crippen molar-refractivity contribution in [3.63, 3.8) is 0 Å². The third-order valence-corrected chi connectivity index (χ3v) is 7.54. The Morgan fingerprint density at radius 1 is 1.03 bits per heavy atom. The number of benzene rings is 3. The molecule has 0 saturated carbocycles. The number of sulfonamides is 1. The van der Waals surface area contributed by atoms with Crippen LogP contribution in [0, 0.1) is 0 Å². The second-order valence-corrected chi connectivity index (χ2v) is 10.1. The monoisotopic (exact) mass is 496 g/mol. The van der Waals surface area contributed by atoms with Crippen LogP contribution in [0.4, 0.5) is 5.69 Å². The van der Waals surface area contributed by atoms with Crippen molar-refractivity contribution in [3.8, 4) is 17.2 Å². The predicted octanol–water partition coefficient (Wildman–Crippen LogP) is 3.68. The summed E-state index contributed by atoms with van der Waals surface area (Å²) < 4.78 is 44.6. The molecule has 0 saturated heterocycles. The van der Waals surface area contributed by atoms with Gasteiger partial charge in [-0.15, -0.1) is 0 Å². The Morgan fingerprint density at radius 3 is 2.43 bits per heavy atom. The van der Waals surface area contributed by atoms with E-state index >= 15 is 0 Å². The number of para-hydroxylation sites is 2. The number of hydrogen-bond acceptors (Lipinski definition) is 6. The number of carbonyl (C=O) groups is 1. The summed E-state index contributed by atoms with van der Waals surface area (Å²) in [5.41, 5.74) is 1.89. The maximum Gasteiger partial charge on any atom is 0.263 e. The predicted molar refractivity (Wildman–Crippen MR) is 133 cm³/mol. The highest BCUT2D eigenvalue weighted by atomic mass is 32.2. The molecule has 0 aromatic heterocycles. The summed E-state index contributed by atoms with van der Waals surface area (Å²) >= 11 is 0. The minimum absolute atomic E-state index is 0.128. The van der Waals surface area contributed by atoms with E-state index in [2.05, 4.69) is 5.32 Å². The van der Waals surface area contributed by atoms with Crippen LogP contribution in [0.2, 0.25) is 0 Å². The van der Waals surface area contributed by atoms with Gasteiger partial charge in [0, 0.05) is 0 Å². The van der Waals surface area contributed by atoms with E-state index in [4.69, 9.17) is 14.2 Å². The van der Waals surface area contributed by atoms with Gasteiger partial charge in [0.25, 0.3) is 5.91 Å². The molecule has 4 rings (SSSR count).